The van der Waals surface area contributed by atoms with Crippen LogP contribution in [-0.2, 0) is 19.2 Å². The molecule has 0 aliphatic heterocycles. The SMILES string of the molecule is C=O.CC.CC(=O)NCCNC1CCC(CCC2C(=O)C=CC2=O)CC1. The van der Waals surface area contributed by atoms with E-state index in [1.807, 2.05) is 20.6 Å². The van der Waals surface area contributed by atoms with Crippen molar-refractivity contribution >= 4 is 24.3 Å². The van der Waals surface area contributed by atoms with Crippen molar-refractivity contribution in [2.24, 2.45) is 11.8 Å². The molecular formula is C20H34N2O4. The normalized spacial score (nSPS) is 22.1. The molecule has 2 rings (SSSR count). The molecule has 0 aromatic carbocycles. The second kappa shape index (κ2) is 14.4. The van der Waals surface area contributed by atoms with Crippen LogP contribution in [0.15, 0.2) is 12.2 Å². The van der Waals surface area contributed by atoms with E-state index in [9.17, 15) is 14.4 Å². The number of nitrogens with one attached hydrogen (secondary N) is 2. The van der Waals surface area contributed by atoms with Gasteiger partial charge in [0.05, 0.1) is 5.92 Å². The van der Waals surface area contributed by atoms with Gasteiger partial charge in [0.1, 0.15) is 6.79 Å². The first kappa shape index (κ1) is 24.2. The van der Waals surface area contributed by atoms with Crippen molar-refractivity contribution in [2.75, 3.05) is 13.1 Å². The van der Waals surface area contributed by atoms with Gasteiger partial charge in [-0.3, -0.25) is 14.4 Å². The number of allylic oxidation sites excluding steroid dienone is 2. The Morgan fingerprint density at radius 2 is 1.54 bits per heavy atom. The molecule has 6 heteroatoms. The maximum Gasteiger partial charge on any atom is 0.216 e. The van der Waals surface area contributed by atoms with E-state index in [0.29, 0.717) is 24.9 Å². The predicted octanol–water partition coefficient (Wildman–Crippen LogP) is 2.22. The summed E-state index contributed by atoms with van der Waals surface area (Å²) in [4.78, 5) is 41.9. The zero-order valence-electron chi connectivity index (χ0n) is 16.4. The largest absolute Gasteiger partial charge is 0.355 e. The number of amides is 1. The molecule has 2 aliphatic rings. The highest BCUT2D eigenvalue weighted by molar-refractivity contribution is 6.18. The molecule has 0 aromatic rings. The van der Waals surface area contributed by atoms with E-state index in [1.165, 1.54) is 19.1 Å². The van der Waals surface area contributed by atoms with Gasteiger partial charge < -0.3 is 15.4 Å². The molecule has 1 fully saturated rings. The summed E-state index contributed by atoms with van der Waals surface area (Å²) < 4.78 is 0. The second-order valence-corrected chi connectivity index (χ2v) is 6.42. The summed E-state index contributed by atoms with van der Waals surface area (Å²) in [6, 6.07) is 0.529. The maximum absolute atomic E-state index is 11.6. The fraction of sp³-hybridized carbons (Fsp3) is 0.700. The molecule has 0 atom stereocenters. The summed E-state index contributed by atoms with van der Waals surface area (Å²) in [6.07, 6.45) is 9.09. The molecule has 0 radical (unpaired) electrons. The lowest BCUT2D eigenvalue weighted by molar-refractivity contribution is -0.126. The van der Waals surface area contributed by atoms with Crippen molar-refractivity contribution in [3.8, 4) is 0 Å². The third kappa shape index (κ3) is 9.04. The van der Waals surface area contributed by atoms with Crippen LogP contribution in [-0.4, -0.2) is 43.4 Å². The number of carbonyl (C=O) groups excluding carboxylic acids is 4. The van der Waals surface area contributed by atoms with Gasteiger partial charge in [0.2, 0.25) is 5.91 Å². The van der Waals surface area contributed by atoms with Crippen molar-refractivity contribution in [3.63, 3.8) is 0 Å². The Hall–Kier alpha value is -1.82. The van der Waals surface area contributed by atoms with Gasteiger partial charge in [-0.05, 0) is 56.6 Å². The molecule has 0 bridgehead atoms. The van der Waals surface area contributed by atoms with Crippen molar-refractivity contribution in [1.29, 1.82) is 0 Å². The van der Waals surface area contributed by atoms with Crippen molar-refractivity contribution < 1.29 is 19.2 Å². The molecule has 26 heavy (non-hydrogen) atoms. The summed E-state index contributed by atoms with van der Waals surface area (Å²) in [6.45, 7) is 9.01. The van der Waals surface area contributed by atoms with Gasteiger partial charge >= 0.3 is 0 Å². The molecule has 0 unspecified atom stereocenters. The average molecular weight is 367 g/mol. The molecule has 2 aliphatic carbocycles. The lowest BCUT2D eigenvalue weighted by Gasteiger charge is -2.29. The Morgan fingerprint density at radius 3 is 2.04 bits per heavy atom. The van der Waals surface area contributed by atoms with Gasteiger partial charge in [0.15, 0.2) is 11.6 Å². The lowest BCUT2D eigenvalue weighted by atomic mass is 9.81. The highest BCUT2D eigenvalue weighted by Crippen LogP contribution is 2.30. The van der Waals surface area contributed by atoms with Crippen LogP contribution in [0.1, 0.15) is 59.3 Å². The van der Waals surface area contributed by atoms with E-state index in [4.69, 9.17) is 4.79 Å². The summed E-state index contributed by atoms with van der Waals surface area (Å²) in [7, 11) is 0. The van der Waals surface area contributed by atoms with Crippen LogP contribution in [0.5, 0.6) is 0 Å². The van der Waals surface area contributed by atoms with Crippen LogP contribution in [0.4, 0.5) is 0 Å². The second-order valence-electron chi connectivity index (χ2n) is 6.42. The molecule has 2 N–H and O–H groups in total. The Bertz CT molecular complexity index is 450. The number of hydrogen-bond donors (Lipinski definition) is 2. The van der Waals surface area contributed by atoms with Gasteiger partial charge in [0, 0.05) is 26.1 Å². The van der Waals surface area contributed by atoms with Crippen LogP contribution in [0.2, 0.25) is 0 Å². The Kier molecular flexibility index (Phi) is 13.4. The molecule has 6 nitrogen and oxygen atoms in total. The molecule has 0 heterocycles. The van der Waals surface area contributed by atoms with E-state index in [1.54, 1.807) is 0 Å². The van der Waals surface area contributed by atoms with Crippen LogP contribution in [0, 0.1) is 11.8 Å². The van der Waals surface area contributed by atoms with Crippen molar-refractivity contribution in [3.05, 3.63) is 12.2 Å². The van der Waals surface area contributed by atoms with Gasteiger partial charge in [-0.15, -0.1) is 0 Å². The first-order valence-corrected chi connectivity index (χ1v) is 9.58. The molecule has 0 saturated heterocycles. The highest BCUT2D eigenvalue weighted by atomic mass is 16.2. The maximum atomic E-state index is 11.6. The van der Waals surface area contributed by atoms with Gasteiger partial charge in [-0.1, -0.05) is 13.8 Å². The zero-order valence-corrected chi connectivity index (χ0v) is 16.4. The van der Waals surface area contributed by atoms with E-state index in [0.717, 1.165) is 38.6 Å². The number of hydrogen-bond acceptors (Lipinski definition) is 5. The molecular weight excluding hydrogens is 332 g/mol. The standard InChI is InChI=1S/C17H26N2O3.C2H6.CH2O/c1-12(20)18-10-11-19-14-5-2-13(3-6-14)4-7-15-16(21)8-9-17(15)22;2*1-2/h8-9,13-15,19H,2-7,10-11H2,1H3,(H,18,20);1-2H3;1H2. The summed E-state index contributed by atoms with van der Waals surface area (Å²) in [5.74, 6) is 0.218. The third-order valence-electron chi connectivity index (χ3n) is 4.74. The minimum absolute atomic E-state index is 0.0102. The van der Waals surface area contributed by atoms with E-state index >= 15 is 0 Å². The Balaban J connectivity index is 0.00000146. The van der Waals surface area contributed by atoms with Crippen LogP contribution in [0.25, 0.3) is 0 Å². The van der Waals surface area contributed by atoms with Crippen molar-refractivity contribution in [1.82, 2.24) is 10.6 Å². The third-order valence-corrected chi connectivity index (χ3v) is 4.74. The summed E-state index contributed by atoms with van der Waals surface area (Å²) in [5.41, 5.74) is 0. The Morgan fingerprint density at radius 1 is 1.00 bits per heavy atom. The van der Waals surface area contributed by atoms with Crippen LogP contribution in [0.3, 0.4) is 0 Å². The molecule has 0 aromatic heterocycles. The van der Waals surface area contributed by atoms with E-state index in [-0.39, 0.29) is 17.5 Å². The van der Waals surface area contributed by atoms with Gasteiger partial charge in [-0.25, -0.2) is 0 Å². The van der Waals surface area contributed by atoms with Gasteiger partial charge in [-0.2, -0.15) is 0 Å². The molecule has 1 amide bonds. The smallest absolute Gasteiger partial charge is 0.216 e. The molecule has 148 valence electrons. The lowest BCUT2D eigenvalue weighted by Crippen LogP contribution is -2.38. The minimum atomic E-state index is -0.395. The predicted molar refractivity (Wildman–Crippen MR) is 103 cm³/mol. The first-order chi connectivity index (χ1) is 12.6. The van der Waals surface area contributed by atoms with E-state index < -0.39 is 5.92 Å². The summed E-state index contributed by atoms with van der Waals surface area (Å²) in [5, 5.41) is 6.26. The fourth-order valence-corrected chi connectivity index (χ4v) is 3.39. The minimum Gasteiger partial charge on any atom is -0.355 e. The Labute approximate surface area is 157 Å². The number of carbonyl (C=O) groups is 4. The van der Waals surface area contributed by atoms with Gasteiger partial charge in [0.25, 0.3) is 0 Å². The fourth-order valence-electron chi connectivity index (χ4n) is 3.39. The highest BCUT2D eigenvalue weighted by Gasteiger charge is 2.29. The average Bonchev–Trinajstić information content (AvgIpc) is 2.99. The number of ketones is 2. The molecule has 1 saturated carbocycles. The van der Waals surface area contributed by atoms with Crippen LogP contribution >= 0.6 is 0 Å². The monoisotopic (exact) mass is 366 g/mol. The zero-order chi connectivity index (χ0) is 19.9. The first-order valence-electron chi connectivity index (χ1n) is 9.58. The van der Waals surface area contributed by atoms with Crippen LogP contribution < -0.4 is 10.6 Å². The summed E-state index contributed by atoms with van der Waals surface area (Å²) >= 11 is 0. The van der Waals surface area contributed by atoms with Crippen molar-refractivity contribution in [2.45, 2.75) is 65.3 Å². The molecule has 0 spiro atoms. The topological polar surface area (TPSA) is 92.3 Å². The quantitative estimate of drug-likeness (QED) is 0.532. The number of rotatable bonds is 7. The van der Waals surface area contributed by atoms with E-state index in [2.05, 4.69) is 10.6 Å².